The molecule has 2 aromatic heterocycles. The Balaban J connectivity index is 2.36. The molecule has 0 saturated carbocycles. The first kappa shape index (κ1) is 12.9. The Bertz CT molecular complexity index is 684. The minimum absolute atomic E-state index is 0.371. The molecule has 2 rings (SSSR count). The average molecular weight is 260 g/mol. The smallest absolute Gasteiger partial charge is 0.307 e. The third-order valence-electron chi connectivity index (χ3n) is 2.48. The molecule has 2 heterocycles. The SMILES string of the molecule is C=C(F)C(=O)N=c1ccccn1Cc1cnn(C)c1. The van der Waals surface area contributed by atoms with Crippen molar-refractivity contribution in [1.29, 1.82) is 0 Å². The van der Waals surface area contributed by atoms with Gasteiger partial charge < -0.3 is 4.57 Å². The van der Waals surface area contributed by atoms with E-state index in [2.05, 4.69) is 16.7 Å². The van der Waals surface area contributed by atoms with Gasteiger partial charge in [-0.1, -0.05) is 12.6 Å². The van der Waals surface area contributed by atoms with Crippen LogP contribution in [0.1, 0.15) is 5.56 Å². The number of rotatable bonds is 3. The van der Waals surface area contributed by atoms with E-state index >= 15 is 0 Å². The number of aryl methyl sites for hydroxylation is 1. The summed E-state index contributed by atoms with van der Waals surface area (Å²) in [5.41, 5.74) is 1.33. The van der Waals surface area contributed by atoms with Gasteiger partial charge in [-0.2, -0.15) is 10.1 Å². The van der Waals surface area contributed by atoms with Gasteiger partial charge in [-0.3, -0.25) is 9.48 Å². The molecule has 0 aromatic carbocycles. The van der Waals surface area contributed by atoms with Crippen LogP contribution < -0.4 is 5.49 Å². The third-order valence-corrected chi connectivity index (χ3v) is 2.48. The fourth-order valence-corrected chi connectivity index (χ4v) is 1.62. The predicted molar refractivity (Wildman–Crippen MR) is 67.6 cm³/mol. The molecular formula is C13H13FN4O. The molecule has 0 saturated heterocycles. The molecule has 0 aliphatic heterocycles. The van der Waals surface area contributed by atoms with Gasteiger partial charge in [-0.15, -0.1) is 0 Å². The highest BCUT2D eigenvalue weighted by Crippen LogP contribution is 1.99. The Morgan fingerprint density at radius 2 is 2.32 bits per heavy atom. The van der Waals surface area contributed by atoms with Crippen molar-refractivity contribution in [2.24, 2.45) is 12.0 Å². The molecule has 0 aliphatic carbocycles. The van der Waals surface area contributed by atoms with Crippen LogP contribution in [0.25, 0.3) is 0 Å². The minimum Gasteiger partial charge on any atom is -0.328 e. The van der Waals surface area contributed by atoms with Gasteiger partial charge in [0.25, 0.3) is 0 Å². The number of hydrogen-bond acceptors (Lipinski definition) is 2. The Morgan fingerprint density at radius 1 is 1.53 bits per heavy atom. The zero-order valence-electron chi connectivity index (χ0n) is 10.5. The molecule has 5 nitrogen and oxygen atoms in total. The van der Waals surface area contributed by atoms with Gasteiger partial charge in [-0.25, -0.2) is 4.39 Å². The first-order valence-electron chi connectivity index (χ1n) is 5.63. The van der Waals surface area contributed by atoms with Gasteiger partial charge in [0.05, 0.1) is 12.7 Å². The normalized spacial score (nSPS) is 11.6. The standard InChI is InChI=1S/C13H13FN4O/c1-10(14)13(19)16-12-5-3-4-6-18(12)9-11-7-15-17(2)8-11/h3-8H,1,9H2,2H3. The van der Waals surface area contributed by atoms with E-state index < -0.39 is 11.7 Å². The van der Waals surface area contributed by atoms with Crippen LogP contribution in [0.4, 0.5) is 4.39 Å². The molecular weight excluding hydrogens is 247 g/mol. The molecule has 0 fully saturated rings. The van der Waals surface area contributed by atoms with Gasteiger partial charge >= 0.3 is 5.91 Å². The molecule has 0 aliphatic rings. The lowest BCUT2D eigenvalue weighted by atomic mass is 10.3. The van der Waals surface area contributed by atoms with Crippen molar-refractivity contribution in [3.8, 4) is 0 Å². The van der Waals surface area contributed by atoms with E-state index in [1.807, 2.05) is 19.3 Å². The Labute approximate surface area is 109 Å². The molecule has 98 valence electrons. The van der Waals surface area contributed by atoms with Gasteiger partial charge in [0.2, 0.25) is 0 Å². The summed E-state index contributed by atoms with van der Waals surface area (Å²) in [6.45, 7) is 3.44. The topological polar surface area (TPSA) is 52.2 Å². The largest absolute Gasteiger partial charge is 0.328 e. The summed E-state index contributed by atoms with van der Waals surface area (Å²) in [4.78, 5) is 14.9. The number of pyridine rings is 1. The maximum Gasteiger partial charge on any atom is 0.307 e. The van der Waals surface area contributed by atoms with Crippen molar-refractivity contribution in [3.63, 3.8) is 0 Å². The summed E-state index contributed by atoms with van der Waals surface area (Å²) in [5.74, 6) is -2.04. The van der Waals surface area contributed by atoms with Gasteiger partial charge in [0.1, 0.15) is 5.49 Å². The molecule has 6 heteroatoms. The second kappa shape index (κ2) is 5.43. The zero-order chi connectivity index (χ0) is 13.8. The minimum atomic E-state index is -1.07. The summed E-state index contributed by atoms with van der Waals surface area (Å²) in [6.07, 6.45) is 5.35. The lowest BCUT2D eigenvalue weighted by Gasteiger charge is -2.04. The molecule has 1 amide bonds. The summed E-state index contributed by atoms with van der Waals surface area (Å²) in [6, 6.07) is 5.17. The fourth-order valence-electron chi connectivity index (χ4n) is 1.62. The number of carbonyl (C=O) groups is 1. The molecule has 0 radical (unpaired) electrons. The van der Waals surface area contributed by atoms with Crippen LogP contribution in [-0.2, 0) is 18.4 Å². The van der Waals surface area contributed by atoms with Gasteiger partial charge in [0, 0.05) is 25.0 Å². The highest BCUT2D eigenvalue weighted by atomic mass is 19.1. The van der Waals surface area contributed by atoms with Crippen LogP contribution in [0.3, 0.4) is 0 Å². The molecule has 0 bridgehead atoms. The molecule has 0 N–H and O–H groups in total. The van der Waals surface area contributed by atoms with E-state index in [0.29, 0.717) is 12.0 Å². The van der Waals surface area contributed by atoms with Crippen molar-refractivity contribution in [2.75, 3.05) is 0 Å². The molecule has 2 aromatic rings. The van der Waals surface area contributed by atoms with Crippen LogP contribution in [0.5, 0.6) is 0 Å². The maximum atomic E-state index is 12.7. The number of nitrogens with zero attached hydrogens (tertiary/aromatic N) is 4. The summed E-state index contributed by atoms with van der Waals surface area (Å²) >= 11 is 0. The van der Waals surface area contributed by atoms with Crippen molar-refractivity contribution in [3.05, 3.63) is 60.2 Å². The van der Waals surface area contributed by atoms with E-state index in [0.717, 1.165) is 5.56 Å². The number of hydrogen-bond donors (Lipinski definition) is 0. The van der Waals surface area contributed by atoms with E-state index in [9.17, 15) is 9.18 Å². The van der Waals surface area contributed by atoms with Gasteiger partial charge in [-0.05, 0) is 12.1 Å². The second-order valence-electron chi connectivity index (χ2n) is 4.03. The van der Waals surface area contributed by atoms with E-state index in [4.69, 9.17) is 0 Å². The average Bonchev–Trinajstić information content (AvgIpc) is 2.77. The summed E-state index contributed by atoms with van der Waals surface area (Å²) in [5, 5.41) is 4.06. The predicted octanol–water partition coefficient (Wildman–Crippen LogP) is 1.18. The van der Waals surface area contributed by atoms with E-state index in [1.165, 1.54) is 0 Å². The lowest BCUT2D eigenvalue weighted by molar-refractivity contribution is -0.116. The number of halogens is 1. The van der Waals surface area contributed by atoms with Crippen molar-refractivity contribution in [2.45, 2.75) is 6.54 Å². The Hall–Kier alpha value is -2.50. The first-order chi connectivity index (χ1) is 9.06. The van der Waals surface area contributed by atoms with Crippen LogP contribution >= 0.6 is 0 Å². The number of amides is 1. The molecule has 0 unspecified atom stereocenters. The van der Waals surface area contributed by atoms with Crippen molar-refractivity contribution >= 4 is 5.91 Å². The van der Waals surface area contributed by atoms with Crippen molar-refractivity contribution in [1.82, 2.24) is 14.3 Å². The molecule has 0 spiro atoms. The Morgan fingerprint density at radius 3 is 2.95 bits per heavy atom. The van der Waals surface area contributed by atoms with E-state index in [1.54, 1.807) is 33.8 Å². The van der Waals surface area contributed by atoms with Crippen LogP contribution in [0.15, 0.2) is 54.2 Å². The van der Waals surface area contributed by atoms with Crippen LogP contribution in [0.2, 0.25) is 0 Å². The second-order valence-corrected chi connectivity index (χ2v) is 4.03. The zero-order valence-corrected chi connectivity index (χ0v) is 10.5. The first-order valence-corrected chi connectivity index (χ1v) is 5.63. The number of carbonyl (C=O) groups excluding carboxylic acids is 1. The highest BCUT2D eigenvalue weighted by Gasteiger charge is 2.04. The quantitative estimate of drug-likeness (QED) is 0.778. The van der Waals surface area contributed by atoms with Crippen LogP contribution in [0, 0.1) is 0 Å². The highest BCUT2D eigenvalue weighted by molar-refractivity contribution is 5.91. The monoisotopic (exact) mass is 260 g/mol. The number of aromatic nitrogens is 3. The fraction of sp³-hybridized carbons (Fsp3) is 0.154. The lowest BCUT2D eigenvalue weighted by Crippen LogP contribution is -2.22. The molecule has 0 atom stereocenters. The Kier molecular flexibility index (Phi) is 3.70. The van der Waals surface area contributed by atoms with Crippen molar-refractivity contribution < 1.29 is 9.18 Å². The van der Waals surface area contributed by atoms with Crippen LogP contribution in [-0.4, -0.2) is 20.3 Å². The maximum absolute atomic E-state index is 12.7. The van der Waals surface area contributed by atoms with E-state index in [-0.39, 0.29) is 0 Å². The van der Waals surface area contributed by atoms with Gasteiger partial charge in [0.15, 0.2) is 5.83 Å². The summed E-state index contributed by atoms with van der Waals surface area (Å²) in [7, 11) is 1.82. The molecule has 19 heavy (non-hydrogen) atoms. The summed E-state index contributed by atoms with van der Waals surface area (Å²) < 4.78 is 16.1. The third kappa shape index (κ3) is 3.25.